The van der Waals surface area contributed by atoms with Gasteiger partial charge in [0.05, 0.1) is 19.3 Å². The van der Waals surface area contributed by atoms with Crippen LogP contribution in [0.5, 0.6) is 0 Å². The summed E-state index contributed by atoms with van der Waals surface area (Å²) in [5.74, 6) is 0. The van der Waals surface area contributed by atoms with Crippen molar-refractivity contribution in [1.29, 1.82) is 0 Å². The normalized spacial score (nSPS) is 31.7. The van der Waals surface area contributed by atoms with Crippen LogP contribution in [0.1, 0.15) is 19.6 Å². The molecule has 0 spiro atoms. The van der Waals surface area contributed by atoms with Crippen LogP contribution in [-0.2, 0) is 4.74 Å². The third-order valence-corrected chi connectivity index (χ3v) is 3.43. The molecule has 1 aromatic rings. The predicted molar refractivity (Wildman–Crippen MR) is 62.1 cm³/mol. The van der Waals surface area contributed by atoms with Crippen LogP contribution in [0.2, 0.25) is 0 Å². The molecule has 0 aliphatic carbocycles. The SMILES string of the molecule is C[C@]1(CO)C[C@H](n2ccc(=O)[nH]c2=O)O[C@@H]1CO. The molecule has 7 nitrogen and oxygen atoms in total. The van der Waals surface area contributed by atoms with Gasteiger partial charge in [-0.3, -0.25) is 14.3 Å². The van der Waals surface area contributed by atoms with Crippen LogP contribution in [-0.4, -0.2) is 39.1 Å². The van der Waals surface area contributed by atoms with E-state index >= 15 is 0 Å². The van der Waals surface area contributed by atoms with Gasteiger partial charge in [0.2, 0.25) is 0 Å². The summed E-state index contributed by atoms with van der Waals surface area (Å²) >= 11 is 0. The van der Waals surface area contributed by atoms with Crippen LogP contribution in [0.25, 0.3) is 0 Å². The number of H-pyrrole nitrogens is 1. The molecule has 2 heterocycles. The molecule has 3 atom stereocenters. The highest BCUT2D eigenvalue weighted by Gasteiger charge is 2.45. The summed E-state index contributed by atoms with van der Waals surface area (Å²) in [4.78, 5) is 24.7. The summed E-state index contributed by atoms with van der Waals surface area (Å²) in [7, 11) is 0. The monoisotopic (exact) mass is 256 g/mol. The van der Waals surface area contributed by atoms with Crippen LogP contribution in [0.4, 0.5) is 0 Å². The molecule has 1 saturated heterocycles. The molecule has 18 heavy (non-hydrogen) atoms. The van der Waals surface area contributed by atoms with Crippen molar-refractivity contribution >= 4 is 0 Å². The summed E-state index contributed by atoms with van der Waals surface area (Å²) < 4.78 is 6.81. The number of aromatic nitrogens is 2. The number of nitrogens with zero attached hydrogens (tertiary/aromatic N) is 1. The zero-order valence-corrected chi connectivity index (χ0v) is 10.00. The first-order valence-corrected chi connectivity index (χ1v) is 5.69. The Balaban J connectivity index is 2.32. The van der Waals surface area contributed by atoms with Gasteiger partial charge < -0.3 is 14.9 Å². The van der Waals surface area contributed by atoms with E-state index in [1.165, 1.54) is 16.8 Å². The van der Waals surface area contributed by atoms with Crippen molar-refractivity contribution in [3.8, 4) is 0 Å². The summed E-state index contributed by atoms with van der Waals surface area (Å²) in [6, 6.07) is 1.23. The lowest BCUT2D eigenvalue weighted by Gasteiger charge is -2.25. The molecule has 3 N–H and O–H groups in total. The first-order chi connectivity index (χ1) is 8.50. The molecule has 0 radical (unpaired) electrons. The van der Waals surface area contributed by atoms with Crippen LogP contribution in [0, 0.1) is 5.41 Å². The minimum Gasteiger partial charge on any atom is -0.396 e. The van der Waals surface area contributed by atoms with Crippen LogP contribution in [0.15, 0.2) is 21.9 Å². The van der Waals surface area contributed by atoms with E-state index in [0.29, 0.717) is 6.42 Å². The Morgan fingerprint density at radius 2 is 2.28 bits per heavy atom. The Hall–Kier alpha value is -1.44. The van der Waals surface area contributed by atoms with Crippen LogP contribution >= 0.6 is 0 Å². The van der Waals surface area contributed by atoms with E-state index in [1.54, 1.807) is 6.92 Å². The van der Waals surface area contributed by atoms with E-state index in [2.05, 4.69) is 4.98 Å². The number of aliphatic hydroxyl groups is 2. The summed E-state index contributed by atoms with van der Waals surface area (Å²) in [5, 5.41) is 18.6. The van der Waals surface area contributed by atoms with E-state index in [9.17, 15) is 19.8 Å². The van der Waals surface area contributed by atoms with Gasteiger partial charge in [-0.15, -0.1) is 0 Å². The second-order valence-electron chi connectivity index (χ2n) is 4.80. The predicted octanol–water partition coefficient (Wildman–Crippen LogP) is -1.18. The average Bonchev–Trinajstić information content (AvgIpc) is 2.67. The van der Waals surface area contributed by atoms with E-state index < -0.39 is 29.0 Å². The topological polar surface area (TPSA) is 105 Å². The Labute approximate surface area is 103 Å². The first-order valence-electron chi connectivity index (χ1n) is 5.69. The molecule has 0 bridgehead atoms. The molecule has 0 saturated carbocycles. The smallest absolute Gasteiger partial charge is 0.330 e. The Morgan fingerprint density at radius 3 is 2.78 bits per heavy atom. The molecule has 1 aliphatic heterocycles. The van der Waals surface area contributed by atoms with Crippen molar-refractivity contribution in [2.75, 3.05) is 13.2 Å². The van der Waals surface area contributed by atoms with Crippen molar-refractivity contribution in [3.63, 3.8) is 0 Å². The Bertz CT molecular complexity index is 537. The van der Waals surface area contributed by atoms with Crippen molar-refractivity contribution in [1.82, 2.24) is 9.55 Å². The molecule has 0 aromatic carbocycles. The number of rotatable bonds is 3. The van der Waals surface area contributed by atoms with Gasteiger partial charge >= 0.3 is 5.69 Å². The minimum atomic E-state index is -0.602. The van der Waals surface area contributed by atoms with Gasteiger partial charge in [-0.2, -0.15) is 0 Å². The molecule has 1 aliphatic rings. The lowest BCUT2D eigenvalue weighted by Crippen LogP contribution is -2.34. The first kappa shape index (κ1) is 13.0. The standard InChI is InChI=1S/C11H16N2O5/c1-11(6-15)4-9(18-7(11)5-14)13-3-2-8(16)12-10(13)17/h2-3,7,9,14-15H,4-6H2,1H3,(H,12,16,17)/t7-,9-,11-/m1/s1. The largest absolute Gasteiger partial charge is 0.396 e. The third-order valence-electron chi connectivity index (χ3n) is 3.43. The van der Waals surface area contributed by atoms with E-state index in [1.807, 2.05) is 0 Å². The molecule has 1 aromatic heterocycles. The lowest BCUT2D eigenvalue weighted by molar-refractivity contribution is -0.0541. The van der Waals surface area contributed by atoms with Crippen molar-refractivity contribution in [2.24, 2.45) is 5.41 Å². The molecule has 0 unspecified atom stereocenters. The van der Waals surface area contributed by atoms with Gasteiger partial charge in [0.1, 0.15) is 6.23 Å². The fourth-order valence-corrected chi connectivity index (χ4v) is 2.18. The summed E-state index contributed by atoms with van der Waals surface area (Å²) in [6.07, 6.45) is 0.610. The quantitative estimate of drug-likeness (QED) is 0.631. The fraction of sp³-hybridized carbons (Fsp3) is 0.636. The molecule has 100 valence electrons. The summed E-state index contributed by atoms with van der Waals surface area (Å²) in [5.41, 5.74) is -1.64. The summed E-state index contributed by atoms with van der Waals surface area (Å²) in [6.45, 7) is 1.41. The zero-order chi connectivity index (χ0) is 13.3. The van der Waals surface area contributed by atoms with Crippen molar-refractivity contribution < 1.29 is 14.9 Å². The molecule has 0 amide bonds. The van der Waals surface area contributed by atoms with Gasteiger partial charge in [-0.1, -0.05) is 6.92 Å². The highest BCUT2D eigenvalue weighted by molar-refractivity contribution is 4.93. The van der Waals surface area contributed by atoms with E-state index in [0.717, 1.165) is 0 Å². The third kappa shape index (κ3) is 2.12. The highest BCUT2D eigenvalue weighted by Crippen LogP contribution is 2.41. The zero-order valence-electron chi connectivity index (χ0n) is 10.00. The molecule has 1 fully saturated rings. The maximum atomic E-state index is 11.6. The van der Waals surface area contributed by atoms with E-state index in [4.69, 9.17) is 4.74 Å². The number of ether oxygens (including phenoxy) is 1. The Morgan fingerprint density at radius 1 is 1.56 bits per heavy atom. The molecule has 2 rings (SSSR count). The van der Waals surface area contributed by atoms with Gasteiger partial charge in [0.15, 0.2) is 0 Å². The van der Waals surface area contributed by atoms with Gasteiger partial charge in [0, 0.05) is 24.1 Å². The van der Waals surface area contributed by atoms with E-state index in [-0.39, 0.29) is 13.2 Å². The fourth-order valence-electron chi connectivity index (χ4n) is 2.18. The van der Waals surface area contributed by atoms with Gasteiger partial charge in [-0.25, -0.2) is 4.79 Å². The molecule has 7 heteroatoms. The van der Waals surface area contributed by atoms with Crippen LogP contribution < -0.4 is 11.2 Å². The lowest BCUT2D eigenvalue weighted by atomic mass is 9.84. The number of hydrogen-bond donors (Lipinski definition) is 3. The average molecular weight is 256 g/mol. The Kier molecular flexibility index (Phi) is 3.38. The minimum absolute atomic E-state index is 0.146. The van der Waals surface area contributed by atoms with Crippen molar-refractivity contribution in [3.05, 3.63) is 33.1 Å². The number of hydrogen-bond acceptors (Lipinski definition) is 5. The maximum absolute atomic E-state index is 11.6. The molecular formula is C11H16N2O5. The second-order valence-corrected chi connectivity index (χ2v) is 4.80. The maximum Gasteiger partial charge on any atom is 0.330 e. The molecular weight excluding hydrogens is 240 g/mol. The van der Waals surface area contributed by atoms with Crippen molar-refractivity contribution in [2.45, 2.75) is 25.7 Å². The number of nitrogens with one attached hydrogen (secondary N) is 1. The second kappa shape index (κ2) is 4.68. The number of aliphatic hydroxyl groups excluding tert-OH is 2. The van der Waals surface area contributed by atoms with Crippen LogP contribution in [0.3, 0.4) is 0 Å². The highest BCUT2D eigenvalue weighted by atomic mass is 16.5. The van der Waals surface area contributed by atoms with Gasteiger partial charge in [-0.05, 0) is 0 Å². The van der Waals surface area contributed by atoms with Gasteiger partial charge in [0.25, 0.3) is 5.56 Å². The number of aromatic amines is 1.